The van der Waals surface area contributed by atoms with Gasteiger partial charge in [0.2, 0.25) is 5.16 Å². The Bertz CT molecular complexity index is 1240. The Labute approximate surface area is 163 Å². The van der Waals surface area contributed by atoms with E-state index in [1.54, 1.807) is 15.9 Å². The summed E-state index contributed by atoms with van der Waals surface area (Å²) in [4.78, 5) is 31.4. The number of aryl methyl sites for hydroxylation is 4. The monoisotopic (exact) mass is 398 g/mol. The Morgan fingerprint density at radius 3 is 2.96 bits per heavy atom. The van der Waals surface area contributed by atoms with Crippen molar-refractivity contribution in [1.29, 1.82) is 0 Å². The molecular weight excluding hydrogens is 380 g/mol. The Kier molecular flexibility index (Phi) is 4.01. The summed E-state index contributed by atoms with van der Waals surface area (Å²) in [6, 6.07) is 1.97. The van der Waals surface area contributed by atoms with Crippen molar-refractivity contribution in [1.82, 2.24) is 29.5 Å². The summed E-state index contributed by atoms with van der Waals surface area (Å²) >= 11 is 3.13. The Morgan fingerprint density at radius 1 is 1.22 bits per heavy atom. The Morgan fingerprint density at radius 2 is 2.07 bits per heavy atom. The molecule has 0 bridgehead atoms. The molecule has 0 aromatic carbocycles. The maximum Gasteiger partial charge on any atom is 0.259 e. The molecule has 4 aromatic rings. The van der Waals surface area contributed by atoms with Crippen molar-refractivity contribution in [3.63, 3.8) is 0 Å². The lowest BCUT2D eigenvalue weighted by atomic mass is 9.97. The number of nitrogens with one attached hydrogen (secondary N) is 1. The molecule has 7 nitrogen and oxygen atoms in total. The van der Waals surface area contributed by atoms with Crippen LogP contribution in [0.2, 0.25) is 0 Å². The number of hydrogen-bond acceptors (Lipinski definition) is 7. The van der Waals surface area contributed by atoms with Gasteiger partial charge in [-0.3, -0.25) is 4.79 Å². The molecule has 4 heterocycles. The molecule has 1 aliphatic carbocycles. The van der Waals surface area contributed by atoms with E-state index in [2.05, 4.69) is 20.1 Å². The molecule has 0 atom stereocenters. The average molecular weight is 399 g/mol. The van der Waals surface area contributed by atoms with Crippen LogP contribution in [-0.2, 0) is 18.6 Å². The molecule has 4 aromatic heterocycles. The van der Waals surface area contributed by atoms with E-state index in [4.69, 9.17) is 4.98 Å². The minimum Gasteiger partial charge on any atom is -0.309 e. The molecule has 1 aliphatic rings. The van der Waals surface area contributed by atoms with E-state index in [0.29, 0.717) is 22.5 Å². The number of aromatic nitrogens is 6. The number of aromatic amines is 1. The van der Waals surface area contributed by atoms with Crippen molar-refractivity contribution in [2.45, 2.75) is 50.4 Å². The highest BCUT2D eigenvalue weighted by atomic mass is 32.2. The molecule has 0 saturated carbocycles. The standard InChI is InChI=1S/C18H18N6OS2/c1-9-7-10(2)24-17(19-9)22-18(23-24)26-8-13-20-15(25)14-11-5-3-4-6-12(11)27-16(14)21-13/h7H,3-6,8H2,1-2H3,(H,20,21,25). The zero-order valence-corrected chi connectivity index (χ0v) is 16.7. The van der Waals surface area contributed by atoms with Gasteiger partial charge >= 0.3 is 0 Å². The van der Waals surface area contributed by atoms with Crippen LogP contribution >= 0.6 is 23.1 Å². The van der Waals surface area contributed by atoms with Crippen molar-refractivity contribution in [3.8, 4) is 0 Å². The van der Waals surface area contributed by atoms with Crippen molar-refractivity contribution in [3.05, 3.63) is 44.1 Å². The Hall–Kier alpha value is -2.26. The van der Waals surface area contributed by atoms with Gasteiger partial charge in [0.25, 0.3) is 11.3 Å². The first-order valence-electron chi connectivity index (χ1n) is 8.96. The van der Waals surface area contributed by atoms with E-state index in [-0.39, 0.29) is 5.56 Å². The van der Waals surface area contributed by atoms with Crippen molar-refractivity contribution >= 4 is 39.1 Å². The maximum absolute atomic E-state index is 12.6. The van der Waals surface area contributed by atoms with Crippen LogP contribution < -0.4 is 5.56 Å². The second kappa shape index (κ2) is 6.42. The van der Waals surface area contributed by atoms with Crippen LogP contribution in [0.25, 0.3) is 16.0 Å². The number of hydrogen-bond donors (Lipinski definition) is 1. The van der Waals surface area contributed by atoms with Gasteiger partial charge in [-0.25, -0.2) is 14.5 Å². The highest BCUT2D eigenvalue weighted by molar-refractivity contribution is 7.98. The molecule has 9 heteroatoms. The zero-order valence-electron chi connectivity index (χ0n) is 15.1. The number of H-pyrrole nitrogens is 1. The van der Waals surface area contributed by atoms with E-state index in [1.165, 1.54) is 28.6 Å². The minimum atomic E-state index is -0.0221. The molecule has 0 unspecified atom stereocenters. The first-order valence-corrected chi connectivity index (χ1v) is 10.8. The quantitative estimate of drug-likeness (QED) is 0.533. The smallest absolute Gasteiger partial charge is 0.259 e. The first kappa shape index (κ1) is 16.9. The summed E-state index contributed by atoms with van der Waals surface area (Å²) in [7, 11) is 0. The summed E-state index contributed by atoms with van der Waals surface area (Å²) in [5, 5.41) is 5.92. The number of thioether (sulfide) groups is 1. The fourth-order valence-corrected chi connectivity index (χ4v) is 5.59. The number of nitrogens with zero attached hydrogens (tertiary/aromatic N) is 5. The van der Waals surface area contributed by atoms with E-state index >= 15 is 0 Å². The second-order valence-corrected chi connectivity index (χ2v) is 8.86. The van der Waals surface area contributed by atoms with Crippen LogP contribution in [0, 0.1) is 13.8 Å². The van der Waals surface area contributed by atoms with Gasteiger partial charge in [0.05, 0.1) is 11.1 Å². The van der Waals surface area contributed by atoms with Gasteiger partial charge in [0.15, 0.2) is 0 Å². The van der Waals surface area contributed by atoms with E-state index in [1.807, 2.05) is 19.9 Å². The summed E-state index contributed by atoms with van der Waals surface area (Å²) < 4.78 is 1.74. The van der Waals surface area contributed by atoms with Crippen molar-refractivity contribution in [2.24, 2.45) is 0 Å². The molecule has 0 aliphatic heterocycles. The molecule has 0 spiro atoms. The average Bonchev–Trinajstić information content (AvgIpc) is 3.20. The topological polar surface area (TPSA) is 88.8 Å². The summed E-state index contributed by atoms with van der Waals surface area (Å²) in [5.41, 5.74) is 3.11. The normalized spacial score (nSPS) is 14.1. The SMILES string of the molecule is Cc1cc(C)n2nc(SCc3nc4sc5c(c4c(=O)[nH]3)CCCC5)nc2n1. The lowest BCUT2D eigenvalue weighted by Gasteiger charge is -2.09. The third kappa shape index (κ3) is 2.94. The predicted molar refractivity (Wildman–Crippen MR) is 107 cm³/mol. The minimum absolute atomic E-state index is 0.0221. The molecule has 0 fully saturated rings. The maximum atomic E-state index is 12.6. The lowest BCUT2D eigenvalue weighted by molar-refractivity contribution is 0.700. The summed E-state index contributed by atoms with van der Waals surface area (Å²) in [6.07, 6.45) is 4.41. The van der Waals surface area contributed by atoms with E-state index < -0.39 is 0 Å². The largest absolute Gasteiger partial charge is 0.309 e. The molecule has 0 saturated heterocycles. The second-order valence-electron chi connectivity index (χ2n) is 6.84. The van der Waals surface area contributed by atoms with Gasteiger partial charge in [-0.15, -0.1) is 16.4 Å². The lowest BCUT2D eigenvalue weighted by Crippen LogP contribution is -2.12. The van der Waals surface area contributed by atoms with Gasteiger partial charge < -0.3 is 4.98 Å². The van der Waals surface area contributed by atoms with Crippen LogP contribution in [-0.4, -0.2) is 29.5 Å². The number of rotatable bonds is 3. The summed E-state index contributed by atoms with van der Waals surface area (Å²) in [5.74, 6) is 1.77. The molecule has 0 radical (unpaired) electrons. The third-order valence-electron chi connectivity index (χ3n) is 4.81. The van der Waals surface area contributed by atoms with Crippen molar-refractivity contribution in [2.75, 3.05) is 0 Å². The molecule has 1 N–H and O–H groups in total. The molecule has 0 amide bonds. The molecule has 5 rings (SSSR count). The van der Waals surface area contributed by atoms with Crippen LogP contribution in [0.3, 0.4) is 0 Å². The molecular formula is C18H18N6OS2. The van der Waals surface area contributed by atoms with Gasteiger partial charge in [-0.2, -0.15) is 4.98 Å². The van der Waals surface area contributed by atoms with Crippen molar-refractivity contribution < 1.29 is 0 Å². The molecule has 138 valence electrons. The fraction of sp³-hybridized carbons (Fsp3) is 0.389. The van der Waals surface area contributed by atoms with Gasteiger partial charge in [0.1, 0.15) is 10.7 Å². The third-order valence-corrected chi connectivity index (χ3v) is 6.85. The first-order chi connectivity index (χ1) is 13.1. The van der Waals surface area contributed by atoms with Crippen LogP contribution in [0.15, 0.2) is 16.0 Å². The number of fused-ring (bicyclic) bond motifs is 4. The fourth-order valence-electron chi connectivity index (χ4n) is 3.62. The Balaban J connectivity index is 1.45. The highest BCUT2D eigenvalue weighted by Gasteiger charge is 2.20. The van der Waals surface area contributed by atoms with Crippen LogP contribution in [0.5, 0.6) is 0 Å². The molecule has 27 heavy (non-hydrogen) atoms. The van der Waals surface area contributed by atoms with Crippen LogP contribution in [0.4, 0.5) is 0 Å². The van der Waals surface area contributed by atoms with Gasteiger partial charge in [0, 0.05) is 16.3 Å². The predicted octanol–water partition coefficient (Wildman–Crippen LogP) is 3.21. The highest BCUT2D eigenvalue weighted by Crippen LogP contribution is 2.33. The number of thiophene rings is 1. The van der Waals surface area contributed by atoms with E-state index in [0.717, 1.165) is 40.9 Å². The zero-order chi connectivity index (χ0) is 18.5. The van der Waals surface area contributed by atoms with Crippen LogP contribution in [0.1, 0.15) is 40.5 Å². The summed E-state index contributed by atoms with van der Waals surface area (Å²) in [6.45, 7) is 3.93. The van der Waals surface area contributed by atoms with E-state index in [9.17, 15) is 4.79 Å². The van der Waals surface area contributed by atoms with Gasteiger partial charge in [-0.1, -0.05) is 11.8 Å². The van der Waals surface area contributed by atoms with Gasteiger partial charge in [-0.05, 0) is 51.2 Å².